The summed E-state index contributed by atoms with van der Waals surface area (Å²) in [6, 6.07) is 0. The van der Waals surface area contributed by atoms with Gasteiger partial charge in [0.1, 0.15) is 0 Å². The maximum Gasteiger partial charge on any atom is -0.0756 e. The van der Waals surface area contributed by atoms with E-state index in [4.69, 9.17) is 0 Å². The van der Waals surface area contributed by atoms with Crippen molar-refractivity contribution < 1.29 is 5.11 Å². The molecule has 0 aliphatic heterocycles. The molecule has 0 saturated heterocycles. The van der Waals surface area contributed by atoms with Crippen LogP contribution in [0.1, 0.15) is 20.8 Å². The van der Waals surface area contributed by atoms with Gasteiger partial charge in [0, 0.05) is 0 Å². The molecular weight excluding hydrogens is 78.0 g/mol. The first-order valence-corrected chi connectivity index (χ1v) is 1.70. The van der Waals surface area contributed by atoms with E-state index < -0.39 is 5.60 Å². The Hall–Kier alpha value is -0.0800. The molecule has 0 radical (unpaired) electrons. The van der Waals surface area contributed by atoms with Crippen molar-refractivity contribution >= 4 is 0 Å². The molecular formula is C4H13NO. The molecule has 0 aromatic heterocycles. The summed E-state index contributed by atoms with van der Waals surface area (Å²) in [5.74, 6) is 0. The lowest BCUT2D eigenvalue weighted by Gasteiger charge is -2.23. The Labute approximate surface area is 38.8 Å². The van der Waals surface area contributed by atoms with Gasteiger partial charge in [0.25, 0.3) is 0 Å². The van der Waals surface area contributed by atoms with E-state index in [0.29, 0.717) is 0 Å². The summed E-state index contributed by atoms with van der Waals surface area (Å²) < 4.78 is 0. The highest BCUT2D eigenvalue weighted by Gasteiger charge is 1.83. The summed E-state index contributed by atoms with van der Waals surface area (Å²) >= 11 is 0. The zero-order chi connectivity index (χ0) is 4.50. The topological polar surface area (TPSA) is 59.6 Å². The second-order valence-electron chi connectivity index (χ2n) is 2.11. The van der Waals surface area contributed by atoms with Crippen LogP contribution >= 0.6 is 0 Å². The first-order valence-electron chi connectivity index (χ1n) is 1.70. The predicted octanol–water partition coefficient (Wildman–Crippen LogP) is 0.521. The summed E-state index contributed by atoms with van der Waals surface area (Å²) in [6.07, 6.45) is 0. The third-order valence-electron chi connectivity index (χ3n) is 0. The zero-order valence-corrected chi connectivity index (χ0v) is 4.91. The van der Waals surface area contributed by atoms with E-state index in [1.165, 1.54) is 0 Å². The van der Waals surface area contributed by atoms with E-state index in [2.05, 4.69) is 0 Å². The number of rotatable bonds is 0. The average Bonchev–Trinajstić information content (AvgIpc) is 0.722. The molecule has 2 nitrogen and oxygen atoms in total. The fourth-order valence-corrected chi connectivity index (χ4v) is 0. The summed E-state index contributed by atoms with van der Waals surface area (Å²) in [7, 11) is 0. The van der Waals surface area contributed by atoms with Gasteiger partial charge in [0.2, 0.25) is 0 Å². The normalized spacial score (nSPS) is 10.0. The fourth-order valence-electron chi connectivity index (χ4n) is 0. The summed E-state index contributed by atoms with van der Waals surface area (Å²) in [6.45, 7) is 4.90. The quantitative estimate of drug-likeness (QED) is 0.464. The lowest BCUT2D eigenvalue weighted by Crippen LogP contribution is -2.31. The molecule has 40 valence electrons. The average molecular weight is 91.2 g/mol. The van der Waals surface area contributed by atoms with Crippen LogP contribution in [0.15, 0.2) is 0 Å². The fraction of sp³-hybridized carbons (Fsp3) is 1.00. The zero-order valence-electron chi connectivity index (χ0n) is 4.91. The van der Waals surface area contributed by atoms with Crippen LogP contribution in [0.4, 0.5) is 0 Å². The molecule has 2 heteroatoms. The molecule has 4 N–H and O–H groups in total. The SMILES string of the molecule is CC(C)(C)[O-].[NH4+]. The molecule has 0 saturated carbocycles. The molecule has 0 aromatic rings. The van der Waals surface area contributed by atoms with Crippen molar-refractivity contribution in [1.82, 2.24) is 6.15 Å². The van der Waals surface area contributed by atoms with Crippen molar-refractivity contribution in [3.8, 4) is 0 Å². The van der Waals surface area contributed by atoms with Gasteiger partial charge in [-0.05, 0) is 0 Å². The van der Waals surface area contributed by atoms with E-state index in [-0.39, 0.29) is 6.15 Å². The maximum atomic E-state index is 10.1. The van der Waals surface area contributed by atoms with E-state index in [1.54, 1.807) is 20.8 Å². The Balaban J connectivity index is 0. The molecule has 0 atom stereocenters. The third-order valence-corrected chi connectivity index (χ3v) is 0. The Morgan fingerprint density at radius 2 is 1.17 bits per heavy atom. The van der Waals surface area contributed by atoms with Gasteiger partial charge in [-0.1, -0.05) is 20.8 Å². The van der Waals surface area contributed by atoms with Crippen LogP contribution in [0.25, 0.3) is 0 Å². The predicted molar refractivity (Wildman–Crippen MR) is 25.7 cm³/mol. The smallest absolute Gasteiger partial charge is 0.0756 e. The molecule has 0 rings (SSSR count). The Kier molecular flexibility index (Phi) is 3.35. The molecule has 0 aliphatic carbocycles. The first kappa shape index (κ1) is 9.33. The molecule has 0 spiro atoms. The highest BCUT2D eigenvalue weighted by Crippen LogP contribution is 1.87. The number of hydrogen-bond acceptors (Lipinski definition) is 1. The standard InChI is InChI=1S/C4H9O.H3N/c1-4(2,3)5;/h1-3H3;1H3/q-1;/p+1. The van der Waals surface area contributed by atoms with E-state index in [9.17, 15) is 5.11 Å². The van der Waals surface area contributed by atoms with Gasteiger partial charge >= 0.3 is 0 Å². The lowest BCUT2D eigenvalue weighted by molar-refractivity contribution is -0.458. The van der Waals surface area contributed by atoms with Crippen molar-refractivity contribution in [2.24, 2.45) is 0 Å². The van der Waals surface area contributed by atoms with Crippen LogP contribution in [-0.4, -0.2) is 5.60 Å². The summed E-state index contributed by atoms with van der Waals surface area (Å²) in [4.78, 5) is 0. The third kappa shape index (κ3) is 5220. The van der Waals surface area contributed by atoms with E-state index >= 15 is 0 Å². The van der Waals surface area contributed by atoms with Crippen molar-refractivity contribution in [3.05, 3.63) is 0 Å². The molecule has 0 amide bonds. The highest BCUT2D eigenvalue weighted by atomic mass is 16.3. The second kappa shape index (κ2) is 2.16. The minimum atomic E-state index is -0.750. The molecule has 6 heavy (non-hydrogen) atoms. The van der Waals surface area contributed by atoms with Crippen LogP contribution in [0.3, 0.4) is 0 Å². The van der Waals surface area contributed by atoms with Crippen molar-refractivity contribution in [2.75, 3.05) is 0 Å². The van der Waals surface area contributed by atoms with Gasteiger partial charge in [-0.3, -0.25) is 0 Å². The molecule has 0 bridgehead atoms. The van der Waals surface area contributed by atoms with Crippen molar-refractivity contribution in [3.63, 3.8) is 0 Å². The van der Waals surface area contributed by atoms with E-state index in [1.807, 2.05) is 0 Å². The number of quaternary nitrogens is 1. The van der Waals surface area contributed by atoms with Gasteiger partial charge in [0.15, 0.2) is 0 Å². The maximum absolute atomic E-state index is 10.1. The molecule has 0 aliphatic rings. The lowest BCUT2D eigenvalue weighted by atomic mass is 10.2. The Morgan fingerprint density at radius 1 is 1.17 bits per heavy atom. The van der Waals surface area contributed by atoms with Crippen LogP contribution in [0, 0.1) is 0 Å². The Bertz CT molecular complexity index is 23.0. The second-order valence-corrected chi connectivity index (χ2v) is 2.11. The van der Waals surface area contributed by atoms with Gasteiger partial charge in [-0.25, -0.2) is 0 Å². The van der Waals surface area contributed by atoms with E-state index in [0.717, 1.165) is 0 Å². The van der Waals surface area contributed by atoms with Gasteiger partial charge in [-0.2, -0.15) is 0 Å². The minimum absolute atomic E-state index is 0. The summed E-state index contributed by atoms with van der Waals surface area (Å²) in [5.41, 5.74) is -0.750. The molecule has 0 aromatic carbocycles. The molecule has 0 heterocycles. The van der Waals surface area contributed by atoms with Gasteiger partial charge < -0.3 is 11.3 Å². The number of hydrogen-bond donors (Lipinski definition) is 1. The monoisotopic (exact) mass is 91.1 g/mol. The highest BCUT2D eigenvalue weighted by molar-refractivity contribution is 4.48. The minimum Gasteiger partial charge on any atom is -0.850 e. The largest absolute Gasteiger partial charge is 0.850 e. The van der Waals surface area contributed by atoms with Crippen LogP contribution < -0.4 is 11.3 Å². The van der Waals surface area contributed by atoms with Crippen LogP contribution in [0.5, 0.6) is 0 Å². The first-order chi connectivity index (χ1) is 2.00. The molecule has 0 unspecified atom stereocenters. The van der Waals surface area contributed by atoms with Gasteiger partial charge in [-0.15, -0.1) is 5.60 Å². The van der Waals surface area contributed by atoms with Gasteiger partial charge in [0.05, 0.1) is 0 Å². The van der Waals surface area contributed by atoms with Crippen LogP contribution in [0.2, 0.25) is 0 Å². The summed E-state index contributed by atoms with van der Waals surface area (Å²) in [5, 5.41) is 10.1. The van der Waals surface area contributed by atoms with Crippen molar-refractivity contribution in [1.29, 1.82) is 0 Å². The van der Waals surface area contributed by atoms with Crippen LogP contribution in [-0.2, 0) is 0 Å². The van der Waals surface area contributed by atoms with Crippen molar-refractivity contribution in [2.45, 2.75) is 26.4 Å². The Morgan fingerprint density at radius 3 is 1.17 bits per heavy atom. The molecule has 0 fully saturated rings.